The predicted molar refractivity (Wildman–Crippen MR) is 92.2 cm³/mol. The highest BCUT2D eigenvalue weighted by molar-refractivity contribution is 5.62. The highest BCUT2D eigenvalue weighted by atomic mass is 14.3. The van der Waals surface area contributed by atoms with E-state index in [0.29, 0.717) is 11.8 Å². The second kappa shape index (κ2) is 6.47. The molecule has 2 atom stereocenters. The van der Waals surface area contributed by atoms with Gasteiger partial charge in [-0.1, -0.05) is 74.1 Å². The van der Waals surface area contributed by atoms with E-state index in [1.54, 1.807) is 5.57 Å². The first-order valence-corrected chi connectivity index (χ1v) is 8.38. The summed E-state index contributed by atoms with van der Waals surface area (Å²) in [6.45, 7) is 4.55. The number of allylic oxidation sites excluding steroid dienone is 5. The topological polar surface area (TPSA) is 0 Å². The van der Waals surface area contributed by atoms with Crippen molar-refractivity contribution >= 4 is 6.08 Å². The Bertz CT molecular complexity index is 571. The minimum atomic E-state index is 0.640. The first-order valence-electron chi connectivity index (χ1n) is 8.38. The smallest absolute Gasteiger partial charge is 0.00502 e. The average molecular weight is 278 g/mol. The minimum absolute atomic E-state index is 0.640. The Morgan fingerprint density at radius 3 is 2.81 bits per heavy atom. The molecule has 0 radical (unpaired) electrons. The van der Waals surface area contributed by atoms with Gasteiger partial charge in [-0.3, -0.25) is 0 Å². The Kier molecular flexibility index (Phi) is 4.43. The summed E-state index contributed by atoms with van der Waals surface area (Å²) in [6, 6.07) is 8.65. The van der Waals surface area contributed by atoms with Gasteiger partial charge in [0.1, 0.15) is 0 Å². The van der Waals surface area contributed by atoms with Crippen molar-refractivity contribution in [3.8, 4) is 0 Å². The highest BCUT2D eigenvalue weighted by Crippen LogP contribution is 2.36. The lowest BCUT2D eigenvalue weighted by Gasteiger charge is -2.14. The Morgan fingerprint density at radius 2 is 2.00 bits per heavy atom. The maximum absolute atomic E-state index is 2.31. The number of hydrogen-bond acceptors (Lipinski definition) is 0. The van der Waals surface area contributed by atoms with Crippen molar-refractivity contribution in [1.82, 2.24) is 0 Å². The summed E-state index contributed by atoms with van der Waals surface area (Å²) in [4.78, 5) is 0. The molecule has 0 aliphatic heterocycles. The molecule has 0 saturated heterocycles. The van der Waals surface area contributed by atoms with Crippen LogP contribution in [0.1, 0.15) is 56.6 Å². The van der Waals surface area contributed by atoms with Crippen molar-refractivity contribution in [2.75, 3.05) is 0 Å². The zero-order valence-electron chi connectivity index (χ0n) is 13.3. The minimum Gasteiger partial charge on any atom is -0.0839 e. The molecule has 0 spiro atoms. The molecule has 0 nitrogen and oxygen atoms in total. The molecule has 1 aromatic carbocycles. The van der Waals surface area contributed by atoms with E-state index in [4.69, 9.17) is 0 Å². The second-order valence-electron chi connectivity index (χ2n) is 6.75. The average Bonchev–Trinajstić information content (AvgIpc) is 3.14. The number of fused-ring (bicyclic) bond motifs is 2. The van der Waals surface area contributed by atoms with Gasteiger partial charge in [-0.2, -0.15) is 0 Å². The lowest BCUT2D eigenvalue weighted by atomic mass is 9.90. The van der Waals surface area contributed by atoms with Crippen molar-refractivity contribution in [1.29, 1.82) is 0 Å². The standard InChI is InChI=1S/C12H14.C9H12/c1-9(2)11-8-7-10-5-3-4-6-12(10)11;1-2-5-9-7-3-6-8(9)4-1/h3-9,11H,1-2H3;1-2,4,9H,3,5-7H2. The van der Waals surface area contributed by atoms with E-state index < -0.39 is 0 Å². The molecule has 0 heteroatoms. The van der Waals surface area contributed by atoms with E-state index in [1.165, 1.54) is 36.8 Å². The molecule has 1 saturated carbocycles. The van der Waals surface area contributed by atoms with Crippen molar-refractivity contribution in [2.45, 2.75) is 45.4 Å². The van der Waals surface area contributed by atoms with E-state index in [-0.39, 0.29) is 0 Å². The summed E-state index contributed by atoms with van der Waals surface area (Å²) in [5.74, 6) is 2.29. The quantitative estimate of drug-likeness (QED) is 0.580. The number of rotatable bonds is 1. The normalized spacial score (nSPS) is 25.2. The lowest BCUT2D eigenvalue weighted by molar-refractivity contribution is 0.584. The number of benzene rings is 1. The van der Waals surface area contributed by atoms with Gasteiger partial charge in [-0.05, 0) is 48.6 Å². The van der Waals surface area contributed by atoms with Crippen LogP contribution in [0.4, 0.5) is 0 Å². The van der Waals surface area contributed by atoms with Crippen molar-refractivity contribution < 1.29 is 0 Å². The molecule has 1 fully saturated rings. The van der Waals surface area contributed by atoms with E-state index in [2.05, 4.69) is 68.5 Å². The van der Waals surface area contributed by atoms with Gasteiger partial charge in [0, 0.05) is 5.92 Å². The van der Waals surface area contributed by atoms with E-state index in [0.717, 1.165) is 5.92 Å². The number of hydrogen-bond donors (Lipinski definition) is 0. The van der Waals surface area contributed by atoms with Crippen LogP contribution < -0.4 is 0 Å². The van der Waals surface area contributed by atoms with Crippen LogP contribution in [0.15, 0.2) is 54.1 Å². The molecular formula is C21H26. The lowest BCUT2D eigenvalue weighted by Crippen LogP contribution is -2.00. The molecule has 2 unspecified atom stereocenters. The van der Waals surface area contributed by atoms with Gasteiger partial charge < -0.3 is 0 Å². The SMILES string of the molecule is C1=CCC2CCCC2=C1.CC(C)C1C=Cc2ccccc21. The van der Waals surface area contributed by atoms with Crippen molar-refractivity contribution in [3.63, 3.8) is 0 Å². The Morgan fingerprint density at radius 1 is 1.14 bits per heavy atom. The van der Waals surface area contributed by atoms with Crippen LogP contribution in [0, 0.1) is 11.8 Å². The fourth-order valence-electron chi connectivity index (χ4n) is 3.72. The van der Waals surface area contributed by atoms with E-state index >= 15 is 0 Å². The molecule has 0 amide bonds. The third-order valence-corrected chi connectivity index (χ3v) is 4.97. The molecule has 110 valence electrons. The molecule has 3 aliphatic carbocycles. The molecule has 0 aromatic heterocycles. The van der Waals surface area contributed by atoms with Gasteiger partial charge >= 0.3 is 0 Å². The molecule has 0 heterocycles. The molecule has 3 aliphatic rings. The summed E-state index contributed by atoms with van der Waals surface area (Å²) in [5, 5.41) is 0. The van der Waals surface area contributed by atoms with Gasteiger partial charge in [-0.15, -0.1) is 0 Å². The Labute approximate surface area is 129 Å². The molecular weight excluding hydrogens is 252 g/mol. The van der Waals surface area contributed by atoms with Crippen molar-refractivity contribution in [2.24, 2.45) is 11.8 Å². The first-order chi connectivity index (χ1) is 10.3. The molecule has 21 heavy (non-hydrogen) atoms. The van der Waals surface area contributed by atoms with Gasteiger partial charge in [0.25, 0.3) is 0 Å². The summed E-state index contributed by atoms with van der Waals surface area (Å²) < 4.78 is 0. The summed E-state index contributed by atoms with van der Waals surface area (Å²) in [5.41, 5.74) is 4.60. The van der Waals surface area contributed by atoms with E-state index in [9.17, 15) is 0 Å². The van der Waals surface area contributed by atoms with Gasteiger partial charge in [0.15, 0.2) is 0 Å². The van der Waals surface area contributed by atoms with Crippen LogP contribution in [-0.4, -0.2) is 0 Å². The molecule has 4 rings (SSSR count). The Balaban J connectivity index is 0.000000131. The molecule has 0 bridgehead atoms. The van der Waals surface area contributed by atoms with Crippen LogP contribution in [0.2, 0.25) is 0 Å². The second-order valence-corrected chi connectivity index (χ2v) is 6.75. The maximum atomic E-state index is 2.31. The fraction of sp³-hybridized carbons (Fsp3) is 0.429. The highest BCUT2D eigenvalue weighted by Gasteiger charge is 2.20. The third-order valence-electron chi connectivity index (χ3n) is 4.97. The van der Waals surface area contributed by atoms with Crippen LogP contribution in [0.5, 0.6) is 0 Å². The largest absolute Gasteiger partial charge is 0.0839 e. The summed E-state index contributed by atoms with van der Waals surface area (Å²) >= 11 is 0. The monoisotopic (exact) mass is 278 g/mol. The maximum Gasteiger partial charge on any atom is 0.00502 e. The van der Waals surface area contributed by atoms with Crippen LogP contribution in [0.3, 0.4) is 0 Å². The van der Waals surface area contributed by atoms with Crippen LogP contribution in [0.25, 0.3) is 6.08 Å². The Hall–Kier alpha value is -1.56. The predicted octanol–water partition coefficient (Wildman–Crippen LogP) is 6.13. The molecule has 1 aromatic rings. The fourth-order valence-corrected chi connectivity index (χ4v) is 3.72. The zero-order valence-corrected chi connectivity index (χ0v) is 13.3. The summed E-state index contributed by atoms with van der Waals surface area (Å²) in [6.07, 6.45) is 16.9. The van der Waals surface area contributed by atoms with Crippen LogP contribution >= 0.6 is 0 Å². The van der Waals surface area contributed by atoms with Gasteiger partial charge in [0.2, 0.25) is 0 Å². The first kappa shape index (κ1) is 14.4. The van der Waals surface area contributed by atoms with Gasteiger partial charge in [-0.25, -0.2) is 0 Å². The van der Waals surface area contributed by atoms with E-state index in [1.807, 2.05) is 0 Å². The third kappa shape index (κ3) is 3.20. The summed E-state index contributed by atoms with van der Waals surface area (Å²) in [7, 11) is 0. The van der Waals surface area contributed by atoms with Gasteiger partial charge in [0.05, 0.1) is 0 Å². The molecule has 0 N–H and O–H groups in total. The van der Waals surface area contributed by atoms with Crippen molar-refractivity contribution in [3.05, 3.63) is 65.3 Å². The zero-order chi connectivity index (χ0) is 14.7. The van der Waals surface area contributed by atoms with Crippen LogP contribution in [-0.2, 0) is 0 Å².